The largest absolute Gasteiger partial charge is 0.486 e. The molecular formula is C21H19Cl2N3O2. The van der Waals surface area contributed by atoms with Gasteiger partial charge < -0.3 is 14.8 Å². The van der Waals surface area contributed by atoms with E-state index in [9.17, 15) is 0 Å². The lowest BCUT2D eigenvalue weighted by Crippen LogP contribution is -2.15. The van der Waals surface area contributed by atoms with Crippen molar-refractivity contribution in [3.05, 3.63) is 52.0 Å². The second kappa shape index (κ2) is 7.22. The first-order chi connectivity index (χ1) is 13.7. The molecule has 0 radical (unpaired) electrons. The number of nitrogens with one attached hydrogen (secondary N) is 1. The van der Waals surface area contributed by atoms with Crippen LogP contribution in [-0.2, 0) is 6.42 Å². The van der Waals surface area contributed by atoms with Gasteiger partial charge in [-0.15, -0.1) is 0 Å². The molecule has 2 aromatic carbocycles. The predicted octanol–water partition coefficient (Wildman–Crippen LogP) is 5.37. The molecule has 2 aliphatic heterocycles. The van der Waals surface area contributed by atoms with Gasteiger partial charge in [0, 0.05) is 28.8 Å². The molecule has 0 bridgehead atoms. The standard InChI is InChI=1S/C21H19Cl2N3O2/c22-13-4-6-15(17(23)11-13)20-16-3-1-2-8-24-21(16)26(25-20)14-5-7-18-19(12-14)28-10-9-27-18/h4-7,11-12,24H,1-3,8-10H2. The first-order valence-electron chi connectivity index (χ1n) is 9.42. The van der Waals surface area contributed by atoms with E-state index in [2.05, 4.69) is 5.32 Å². The molecule has 5 rings (SSSR count). The van der Waals surface area contributed by atoms with E-state index in [-0.39, 0.29) is 0 Å². The summed E-state index contributed by atoms with van der Waals surface area (Å²) in [4.78, 5) is 0. The summed E-state index contributed by atoms with van der Waals surface area (Å²) in [6.45, 7) is 2.04. The molecule has 5 nitrogen and oxygen atoms in total. The molecule has 2 aliphatic rings. The lowest BCUT2D eigenvalue weighted by molar-refractivity contribution is 0.171. The van der Waals surface area contributed by atoms with Crippen molar-refractivity contribution in [3.8, 4) is 28.4 Å². The number of hydrogen-bond acceptors (Lipinski definition) is 4. The van der Waals surface area contributed by atoms with Gasteiger partial charge in [-0.1, -0.05) is 23.2 Å². The van der Waals surface area contributed by atoms with Crippen LogP contribution in [0.1, 0.15) is 18.4 Å². The Hall–Kier alpha value is -2.37. The van der Waals surface area contributed by atoms with Crippen molar-refractivity contribution >= 4 is 29.0 Å². The Balaban J connectivity index is 1.67. The molecule has 3 heterocycles. The second-order valence-corrected chi connectivity index (χ2v) is 7.77. The maximum absolute atomic E-state index is 6.51. The van der Waals surface area contributed by atoms with Crippen molar-refractivity contribution in [1.82, 2.24) is 9.78 Å². The number of ether oxygens (including phenoxy) is 2. The fourth-order valence-electron chi connectivity index (χ4n) is 3.75. The average molecular weight is 416 g/mol. The molecule has 0 amide bonds. The van der Waals surface area contributed by atoms with Crippen molar-refractivity contribution < 1.29 is 9.47 Å². The maximum atomic E-state index is 6.51. The van der Waals surface area contributed by atoms with Gasteiger partial charge in [-0.05, 0) is 49.6 Å². The fraction of sp³-hybridized carbons (Fsp3) is 0.286. The molecule has 0 fully saturated rings. The molecule has 1 aromatic heterocycles. The summed E-state index contributed by atoms with van der Waals surface area (Å²) < 4.78 is 13.3. The third-order valence-corrected chi connectivity index (χ3v) is 5.63. The topological polar surface area (TPSA) is 48.3 Å². The van der Waals surface area contributed by atoms with E-state index < -0.39 is 0 Å². The van der Waals surface area contributed by atoms with Crippen LogP contribution in [0.4, 0.5) is 5.82 Å². The van der Waals surface area contributed by atoms with Gasteiger partial charge in [0.2, 0.25) is 0 Å². The molecule has 0 atom stereocenters. The zero-order valence-electron chi connectivity index (χ0n) is 15.2. The van der Waals surface area contributed by atoms with Crippen molar-refractivity contribution in [1.29, 1.82) is 0 Å². The molecule has 7 heteroatoms. The van der Waals surface area contributed by atoms with Crippen molar-refractivity contribution in [2.75, 3.05) is 25.1 Å². The van der Waals surface area contributed by atoms with E-state index in [1.54, 1.807) is 6.07 Å². The van der Waals surface area contributed by atoms with Crippen LogP contribution < -0.4 is 14.8 Å². The number of fused-ring (bicyclic) bond motifs is 2. The Morgan fingerprint density at radius 1 is 0.964 bits per heavy atom. The minimum absolute atomic E-state index is 0.553. The Morgan fingerprint density at radius 3 is 2.68 bits per heavy atom. The fourth-order valence-corrected chi connectivity index (χ4v) is 4.25. The van der Waals surface area contributed by atoms with Crippen LogP contribution in [0.2, 0.25) is 10.0 Å². The molecule has 3 aromatic rings. The van der Waals surface area contributed by atoms with Crippen LogP contribution in [0.5, 0.6) is 11.5 Å². The summed E-state index contributed by atoms with van der Waals surface area (Å²) in [5.41, 5.74) is 3.88. The summed E-state index contributed by atoms with van der Waals surface area (Å²) in [5, 5.41) is 9.71. The van der Waals surface area contributed by atoms with Crippen molar-refractivity contribution in [3.63, 3.8) is 0 Å². The predicted molar refractivity (Wildman–Crippen MR) is 111 cm³/mol. The van der Waals surface area contributed by atoms with Crippen LogP contribution in [0.25, 0.3) is 16.9 Å². The first-order valence-corrected chi connectivity index (χ1v) is 10.2. The van der Waals surface area contributed by atoms with Gasteiger partial charge in [0.15, 0.2) is 11.5 Å². The molecule has 28 heavy (non-hydrogen) atoms. The molecule has 0 spiro atoms. The zero-order chi connectivity index (χ0) is 19.1. The SMILES string of the molecule is Clc1ccc(-c2nn(-c3ccc4c(c3)OCCO4)c3c2CCCCN3)c(Cl)c1. The van der Waals surface area contributed by atoms with Gasteiger partial charge in [-0.2, -0.15) is 5.10 Å². The highest BCUT2D eigenvalue weighted by Crippen LogP contribution is 2.39. The Bertz CT molecular complexity index is 1050. The average Bonchev–Trinajstić information content (AvgIpc) is 2.89. The lowest BCUT2D eigenvalue weighted by Gasteiger charge is -2.19. The summed E-state index contributed by atoms with van der Waals surface area (Å²) in [6.07, 6.45) is 3.16. The normalized spacial score (nSPS) is 15.5. The van der Waals surface area contributed by atoms with Gasteiger partial charge >= 0.3 is 0 Å². The molecule has 0 unspecified atom stereocenters. The number of benzene rings is 2. The highest BCUT2D eigenvalue weighted by Gasteiger charge is 2.24. The van der Waals surface area contributed by atoms with Crippen LogP contribution >= 0.6 is 23.2 Å². The number of hydrogen-bond donors (Lipinski definition) is 1. The highest BCUT2D eigenvalue weighted by atomic mass is 35.5. The molecule has 0 saturated carbocycles. The molecule has 144 valence electrons. The number of nitrogens with zero attached hydrogens (tertiary/aromatic N) is 2. The van der Waals surface area contributed by atoms with Crippen LogP contribution in [0, 0.1) is 0 Å². The summed E-state index contributed by atoms with van der Waals surface area (Å²) in [7, 11) is 0. The van der Waals surface area contributed by atoms with Crippen LogP contribution in [0.3, 0.4) is 0 Å². The van der Waals surface area contributed by atoms with Crippen LogP contribution in [-0.4, -0.2) is 29.5 Å². The van der Waals surface area contributed by atoms with E-state index in [0.717, 1.165) is 60.1 Å². The van der Waals surface area contributed by atoms with E-state index >= 15 is 0 Å². The van der Waals surface area contributed by atoms with Gasteiger partial charge in [0.1, 0.15) is 19.0 Å². The van der Waals surface area contributed by atoms with Gasteiger partial charge in [0.25, 0.3) is 0 Å². The molecule has 1 N–H and O–H groups in total. The number of anilines is 1. The Morgan fingerprint density at radius 2 is 1.82 bits per heavy atom. The number of rotatable bonds is 2. The van der Waals surface area contributed by atoms with Crippen LogP contribution in [0.15, 0.2) is 36.4 Å². The monoisotopic (exact) mass is 415 g/mol. The smallest absolute Gasteiger partial charge is 0.163 e. The summed E-state index contributed by atoms with van der Waals surface area (Å²) >= 11 is 12.6. The minimum atomic E-state index is 0.553. The van der Waals surface area contributed by atoms with E-state index in [4.69, 9.17) is 37.8 Å². The Kier molecular flexibility index (Phi) is 4.57. The Labute approximate surface area is 173 Å². The van der Waals surface area contributed by atoms with E-state index in [1.165, 1.54) is 5.56 Å². The van der Waals surface area contributed by atoms with Gasteiger partial charge in [-0.25, -0.2) is 4.68 Å². The third kappa shape index (κ3) is 3.09. The quantitative estimate of drug-likeness (QED) is 0.611. The molecule has 0 saturated heterocycles. The lowest BCUT2D eigenvalue weighted by atomic mass is 10.0. The molecular weight excluding hydrogens is 397 g/mol. The van der Waals surface area contributed by atoms with E-state index in [0.29, 0.717) is 23.3 Å². The number of aromatic nitrogens is 2. The summed E-state index contributed by atoms with van der Waals surface area (Å²) in [5.74, 6) is 2.52. The zero-order valence-corrected chi connectivity index (χ0v) is 16.7. The van der Waals surface area contributed by atoms with Crippen molar-refractivity contribution in [2.24, 2.45) is 0 Å². The second-order valence-electron chi connectivity index (χ2n) is 6.92. The van der Waals surface area contributed by atoms with Crippen molar-refractivity contribution in [2.45, 2.75) is 19.3 Å². The minimum Gasteiger partial charge on any atom is -0.486 e. The number of halogens is 2. The highest BCUT2D eigenvalue weighted by molar-refractivity contribution is 6.36. The first kappa shape index (κ1) is 17.7. The molecule has 0 aliphatic carbocycles. The van der Waals surface area contributed by atoms with E-state index in [1.807, 2.05) is 35.0 Å². The third-order valence-electron chi connectivity index (χ3n) is 5.09. The van der Waals surface area contributed by atoms with Gasteiger partial charge in [0.05, 0.1) is 16.4 Å². The maximum Gasteiger partial charge on any atom is 0.163 e. The summed E-state index contributed by atoms with van der Waals surface area (Å²) in [6, 6.07) is 11.5. The van der Waals surface area contributed by atoms with Gasteiger partial charge in [-0.3, -0.25) is 0 Å².